The Morgan fingerprint density at radius 2 is 1.57 bits per heavy atom. The fraction of sp³-hybridized carbons (Fsp3) is 0.222. The summed E-state index contributed by atoms with van der Waals surface area (Å²) >= 11 is 0. The van der Waals surface area contributed by atoms with Crippen molar-refractivity contribution < 1.29 is 23.8 Å². The van der Waals surface area contributed by atoms with Crippen molar-refractivity contribution in [2.75, 3.05) is 13.2 Å². The highest BCUT2D eigenvalue weighted by Gasteiger charge is 2.08. The standard InChI is InChI=1S/C18H18O5/c1-14(19)21-12-5-13-22-16-10-8-15(9-11-16)18(20)23-17-6-3-2-4-7-17/h2-4,6-11H,5,12-13H2,1H3. The molecule has 23 heavy (non-hydrogen) atoms. The number of rotatable bonds is 7. The van der Waals surface area contributed by atoms with E-state index in [4.69, 9.17) is 14.2 Å². The molecule has 0 heterocycles. The molecule has 0 fully saturated rings. The van der Waals surface area contributed by atoms with Gasteiger partial charge in [0.1, 0.15) is 11.5 Å². The normalized spacial score (nSPS) is 9.96. The van der Waals surface area contributed by atoms with Crippen LogP contribution < -0.4 is 9.47 Å². The first-order valence-corrected chi connectivity index (χ1v) is 7.28. The van der Waals surface area contributed by atoms with E-state index in [1.165, 1.54) is 6.92 Å². The van der Waals surface area contributed by atoms with Gasteiger partial charge in [-0.05, 0) is 36.4 Å². The topological polar surface area (TPSA) is 61.8 Å². The molecule has 0 spiro atoms. The van der Waals surface area contributed by atoms with E-state index in [1.807, 2.05) is 6.07 Å². The van der Waals surface area contributed by atoms with E-state index in [0.29, 0.717) is 36.7 Å². The zero-order valence-corrected chi connectivity index (χ0v) is 12.9. The Morgan fingerprint density at radius 1 is 0.870 bits per heavy atom. The first kappa shape index (κ1) is 16.5. The molecule has 2 aromatic rings. The van der Waals surface area contributed by atoms with E-state index in [2.05, 4.69) is 0 Å². The summed E-state index contributed by atoms with van der Waals surface area (Å²) in [6, 6.07) is 15.6. The summed E-state index contributed by atoms with van der Waals surface area (Å²) in [6.45, 7) is 2.13. The fourth-order valence-corrected chi connectivity index (χ4v) is 1.81. The molecule has 0 saturated heterocycles. The van der Waals surface area contributed by atoms with Gasteiger partial charge in [-0.3, -0.25) is 4.79 Å². The second-order valence-corrected chi connectivity index (χ2v) is 4.77. The van der Waals surface area contributed by atoms with Crippen molar-refractivity contribution in [3.63, 3.8) is 0 Å². The molecule has 5 heteroatoms. The third kappa shape index (κ3) is 5.82. The van der Waals surface area contributed by atoms with Gasteiger partial charge >= 0.3 is 11.9 Å². The van der Waals surface area contributed by atoms with Crippen LogP contribution in [0.4, 0.5) is 0 Å². The van der Waals surface area contributed by atoms with Crippen LogP contribution in [-0.4, -0.2) is 25.2 Å². The number of ether oxygens (including phenoxy) is 3. The molecule has 0 bridgehead atoms. The van der Waals surface area contributed by atoms with Crippen LogP contribution in [0, 0.1) is 0 Å². The SMILES string of the molecule is CC(=O)OCCCOc1ccc(C(=O)Oc2ccccc2)cc1. The van der Waals surface area contributed by atoms with Gasteiger partial charge in [-0.1, -0.05) is 18.2 Å². The quantitative estimate of drug-likeness (QED) is 0.446. The van der Waals surface area contributed by atoms with E-state index < -0.39 is 5.97 Å². The molecule has 120 valence electrons. The Kier molecular flexibility index (Phi) is 6.17. The highest BCUT2D eigenvalue weighted by molar-refractivity contribution is 5.91. The predicted molar refractivity (Wildman–Crippen MR) is 84.6 cm³/mol. The zero-order valence-electron chi connectivity index (χ0n) is 12.9. The highest BCUT2D eigenvalue weighted by atomic mass is 16.5. The van der Waals surface area contributed by atoms with E-state index >= 15 is 0 Å². The van der Waals surface area contributed by atoms with Gasteiger partial charge in [-0.2, -0.15) is 0 Å². The zero-order chi connectivity index (χ0) is 16.5. The number of carbonyl (C=O) groups is 2. The molecule has 0 aliphatic heterocycles. The largest absolute Gasteiger partial charge is 0.493 e. The summed E-state index contributed by atoms with van der Waals surface area (Å²) in [5.74, 6) is 0.427. The van der Waals surface area contributed by atoms with Gasteiger partial charge in [0.25, 0.3) is 0 Å². The second-order valence-electron chi connectivity index (χ2n) is 4.77. The average Bonchev–Trinajstić information content (AvgIpc) is 2.56. The van der Waals surface area contributed by atoms with Gasteiger partial charge in [-0.15, -0.1) is 0 Å². The summed E-state index contributed by atoms with van der Waals surface area (Å²) in [7, 11) is 0. The minimum Gasteiger partial charge on any atom is -0.493 e. The number of carbonyl (C=O) groups excluding carboxylic acids is 2. The summed E-state index contributed by atoms with van der Waals surface area (Å²) in [6.07, 6.45) is 0.609. The molecule has 0 aromatic heterocycles. The molecular weight excluding hydrogens is 296 g/mol. The Hall–Kier alpha value is -2.82. The first-order chi connectivity index (χ1) is 11.1. The number of benzene rings is 2. The van der Waals surface area contributed by atoms with Crippen molar-refractivity contribution in [1.29, 1.82) is 0 Å². The van der Waals surface area contributed by atoms with Crippen molar-refractivity contribution >= 4 is 11.9 Å². The van der Waals surface area contributed by atoms with Crippen LogP contribution in [0.15, 0.2) is 54.6 Å². The average molecular weight is 314 g/mol. The first-order valence-electron chi connectivity index (χ1n) is 7.28. The van der Waals surface area contributed by atoms with E-state index in [9.17, 15) is 9.59 Å². The number of para-hydroxylation sites is 1. The van der Waals surface area contributed by atoms with Crippen LogP contribution in [0.3, 0.4) is 0 Å². The van der Waals surface area contributed by atoms with Gasteiger partial charge in [0, 0.05) is 13.3 Å². The van der Waals surface area contributed by atoms with Crippen LogP contribution >= 0.6 is 0 Å². The molecule has 0 aliphatic carbocycles. The molecule has 0 saturated carbocycles. The van der Waals surface area contributed by atoms with Crippen LogP contribution in [0.2, 0.25) is 0 Å². The highest BCUT2D eigenvalue weighted by Crippen LogP contribution is 2.15. The van der Waals surface area contributed by atoms with E-state index in [0.717, 1.165) is 0 Å². The van der Waals surface area contributed by atoms with Crippen molar-refractivity contribution in [3.8, 4) is 11.5 Å². The second kappa shape index (κ2) is 8.58. The Labute approximate surface area is 134 Å². The van der Waals surface area contributed by atoms with Crippen LogP contribution in [0.1, 0.15) is 23.7 Å². The Morgan fingerprint density at radius 3 is 2.22 bits per heavy atom. The van der Waals surface area contributed by atoms with Gasteiger partial charge in [0.15, 0.2) is 0 Å². The third-order valence-electron chi connectivity index (χ3n) is 2.91. The number of hydrogen-bond donors (Lipinski definition) is 0. The third-order valence-corrected chi connectivity index (χ3v) is 2.91. The molecule has 0 radical (unpaired) electrons. The minimum absolute atomic E-state index is 0.300. The van der Waals surface area contributed by atoms with Crippen LogP contribution in [0.25, 0.3) is 0 Å². The van der Waals surface area contributed by atoms with Gasteiger partial charge in [-0.25, -0.2) is 4.79 Å². The summed E-state index contributed by atoms with van der Waals surface area (Å²) in [5, 5.41) is 0. The maximum Gasteiger partial charge on any atom is 0.343 e. The van der Waals surface area contributed by atoms with E-state index in [1.54, 1.807) is 48.5 Å². The lowest BCUT2D eigenvalue weighted by atomic mass is 10.2. The number of hydrogen-bond acceptors (Lipinski definition) is 5. The van der Waals surface area contributed by atoms with Crippen LogP contribution in [-0.2, 0) is 9.53 Å². The molecule has 2 rings (SSSR count). The van der Waals surface area contributed by atoms with Gasteiger partial charge in [0.05, 0.1) is 18.8 Å². The molecule has 0 amide bonds. The monoisotopic (exact) mass is 314 g/mol. The Balaban J connectivity index is 1.79. The Bertz CT molecular complexity index is 634. The lowest BCUT2D eigenvalue weighted by Gasteiger charge is -2.07. The maximum atomic E-state index is 12.0. The van der Waals surface area contributed by atoms with Gasteiger partial charge < -0.3 is 14.2 Å². The fourth-order valence-electron chi connectivity index (χ4n) is 1.81. The lowest BCUT2D eigenvalue weighted by molar-refractivity contribution is -0.141. The summed E-state index contributed by atoms with van der Waals surface area (Å²) < 4.78 is 15.6. The predicted octanol–water partition coefficient (Wildman–Crippen LogP) is 3.24. The molecule has 0 aliphatic rings. The molecule has 0 unspecified atom stereocenters. The van der Waals surface area contributed by atoms with E-state index in [-0.39, 0.29) is 5.97 Å². The molecule has 0 N–H and O–H groups in total. The summed E-state index contributed by atoms with van der Waals surface area (Å²) in [5.41, 5.74) is 0.445. The number of esters is 2. The molecule has 0 atom stereocenters. The minimum atomic E-state index is -0.419. The lowest BCUT2D eigenvalue weighted by Crippen LogP contribution is -2.08. The molecule has 2 aromatic carbocycles. The maximum absolute atomic E-state index is 12.0. The smallest absolute Gasteiger partial charge is 0.343 e. The van der Waals surface area contributed by atoms with Gasteiger partial charge in [0.2, 0.25) is 0 Å². The van der Waals surface area contributed by atoms with Crippen molar-refractivity contribution in [3.05, 3.63) is 60.2 Å². The van der Waals surface area contributed by atoms with Crippen molar-refractivity contribution in [2.24, 2.45) is 0 Å². The summed E-state index contributed by atoms with van der Waals surface area (Å²) in [4.78, 5) is 22.6. The van der Waals surface area contributed by atoms with Crippen molar-refractivity contribution in [2.45, 2.75) is 13.3 Å². The van der Waals surface area contributed by atoms with Crippen LogP contribution in [0.5, 0.6) is 11.5 Å². The molecular formula is C18H18O5. The molecule has 5 nitrogen and oxygen atoms in total. The van der Waals surface area contributed by atoms with Crippen molar-refractivity contribution in [1.82, 2.24) is 0 Å².